The summed E-state index contributed by atoms with van der Waals surface area (Å²) in [6.45, 7) is 7.29. The summed E-state index contributed by atoms with van der Waals surface area (Å²) in [5, 5.41) is 8.66. The molecule has 1 aromatic carbocycles. The van der Waals surface area contributed by atoms with Gasteiger partial charge in [0.05, 0.1) is 11.9 Å². The maximum absolute atomic E-state index is 6.05. The maximum Gasteiger partial charge on any atom is 0.0663 e. The van der Waals surface area contributed by atoms with E-state index in [4.69, 9.17) is 11.6 Å². The van der Waals surface area contributed by atoms with Gasteiger partial charge in [0.25, 0.3) is 0 Å². The van der Waals surface area contributed by atoms with Crippen LogP contribution in [0.15, 0.2) is 30.5 Å². The van der Waals surface area contributed by atoms with E-state index in [1.807, 2.05) is 35.1 Å². The Labute approximate surface area is 119 Å². The lowest BCUT2D eigenvalue weighted by Crippen LogP contribution is -2.22. The van der Waals surface area contributed by atoms with Crippen molar-refractivity contribution in [1.82, 2.24) is 15.1 Å². The Morgan fingerprint density at radius 3 is 2.79 bits per heavy atom. The normalized spacial score (nSPS) is 11.2. The molecule has 19 heavy (non-hydrogen) atoms. The van der Waals surface area contributed by atoms with E-state index < -0.39 is 0 Å². The number of nitrogens with one attached hydrogen (secondary N) is 1. The lowest BCUT2D eigenvalue weighted by Gasteiger charge is -2.10. The van der Waals surface area contributed by atoms with Crippen molar-refractivity contribution in [3.63, 3.8) is 0 Å². The minimum Gasteiger partial charge on any atom is -0.310 e. The van der Waals surface area contributed by atoms with Crippen LogP contribution in [0.5, 0.6) is 0 Å². The molecule has 1 heterocycles. The zero-order valence-corrected chi connectivity index (χ0v) is 12.4. The molecular weight excluding hydrogens is 258 g/mol. The fraction of sp³-hybridized carbons (Fsp3) is 0.400. The second kappa shape index (κ2) is 6.22. The first-order chi connectivity index (χ1) is 9.11. The number of hydrogen-bond acceptors (Lipinski definition) is 2. The first-order valence-corrected chi connectivity index (χ1v) is 7.04. The first kappa shape index (κ1) is 14.1. The van der Waals surface area contributed by atoms with Crippen molar-refractivity contribution in [3.8, 4) is 5.69 Å². The highest BCUT2D eigenvalue weighted by atomic mass is 35.5. The zero-order valence-electron chi connectivity index (χ0n) is 11.7. The molecule has 1 N–H and O–H groups in total. The lowest BCUT2D eigenvalue weighted by molar-refractivity contribution is 0.586. The van der Waals surface area contributed by atoms with Gasteiger partial charge in [0.2, 0.25) is 0 Å². The molecule has 0 amide bonds. The molecule has 0 spiro atoms. The van der Waals surface area contributed by atoms with Crippen molar-refractivity contribution < 1.29 is 0 Å². The molecule has 0 fully saturated rings. The molecule has 0 unspecified atom stereocenters. The van der Waals surface area contributed by atoms with Gasteiger partial charge in [-0.15, -0.1) is 0 Å². The summed E-state index contributed by atoms with van der Waals surface area (Å²) in [6.07, 6.45) is 2.89. The van der Waals surface area contributed by atoms with Gasteiger partial charge in [-0.3, -0.25) is 0 Å². The van der Waals surface area contributed by atoms with Crippen LogP contribution in [-0.2, 0) is 13.0 Å². The third-order valence-electron chi connectivity index (χ3n) is 3.04. The van der Waals surface area contributed by atoms with Crippen molar-refractivity contribution in [3.05, 3.63) is 46.7 Å². The Kier molecular flexibility index (Phi) is 4.61. The number of rotatable bonds is 5. The average Bonchev–Trinajstić information content (AvgIpc) is 2.79. The minimum absolute atomic E-state index is 0.472. The molecule has 2 rings (SSSR count). The molecule has 0 aliphatic rings. The third kappa shape index (κ3) is 3.37. The van der Waals surface area contributed by atoms with Crippen molar-refractivity contribution in [2.45, 2.75) is 39.8 Å². The number of aromatic nitrogens is 2. The molecule has 0 saturated heterocycles. The molecule has 0 bridgehead atoms. The predicted molar refractivity (Wildman–Crippen MR) is 79.9 cm³/mol. The summed E-state index contributed by atoms with van der Waals surface area (Å²) in [5.74, 6) is 0. The van der Waals surface area contributed by atoms with E-state index >= 15 is 0 Å². The van der Waals surface area contributed by atoms with Gasteiger partial charge in [0.1, 0.15) is 0 Å². The summed E-state index contributed by atoms with van der Waals surface area (Å²) in [5.41, 5.74) is 3.49. The monoisotopic (exact) mass is 277 g/mol. The molecule has 0 aliphatic carbocycles. The molecule has 1 aromatic heterocycles. The van der Waals surface area contributed by atoms with Crippen molar-refractivity contribution >= 4 is 11.6 Å². The first-order valence-electron chi connectivity index (χ1n) is 6.67. The number of nitrogens with zero attached hydrogens (tertiary/aromatic N) is 2. The molecule has 0 radical (unpaired) electrons. The van der Waals surface area contributed by atoms with Gasteiger partial charge in [-0.2, -0.15) is 5.10 Å². The van der Waals surface area contributed by atoms with Crippen molar-refractivity contribution in [1.29, 1.82) is 0 Å². The van der Waals surface area contributed by atoms with Crippen LogP contribution < -0.4 is 5.32 Å². The van der Waals surface area contributed by atoms with E-state index in [2.05, 4.69) is 31.2 Å². The Hall–Kier alpha value is -1.32. The third-order valence-corrected chi connectivity index (χ3v) is 3.28. The summed E-state index contributed by atoms with van der Waals surface area (Å²) in [4.78, 5) is 0. The molecular formula is C15H20ClN3. The quantitative estimate of drug-likeness (QED) is 0.905. The topological polar surface area (TPSA) is 29.9 Å². The SMILES string of the molecule is CCc1c(CNC(C)C)cnn1-c1cccc(Cl)c1. The number of hydrogen-bond donors (Lipinski definition) is 1. The van der Waals surface area contributed by atoms with Crippen LogP contribution in [0.25, 0.3) is 5.69 Å². The Morgan fingerprint density at radius 1 is 1.37 bits per heavy atom. The Balaban J connectivity index is 2.31. The van der Waals surface area contributed by atoms with Gasteiger partial charge in [-0.1, -0.05) is 38.4 Å². The van der Waals surface area contributed by atoms with Crippen LogP contribution in [0.2, 0.25) is 5.02 Å². The number of benzene rings is 1. The molecule has 0 aliphatic heterocycles. The highest BCUT2D eigenvalue weighted by Crippen LogP contribution is 2.19. The second-order valence-corrected chi connectivity index (χ2v) is 5.33. The standard InChI is InChI=1S/C15H20ClN3/c1-4-15-12(9-17-11(2)3)10-18-19(15)14-7-5-6-13(16)8-14/h5-8,10-11,17H,4,9H2,1-3H3. The summed E-state index contributed by atoms with van der Waals surface area (Å²) in [6, 6.07) is 8.26. The van der Waals surface area contributed by atoms with Gasteiger partial charge < -0.3 is 5.32 Å². The van der Waals surface area contributed by atoms with Gasteiger partial charge in [0.15, 0.2) is 0 Å². The molecule has 102 valence electrons. The molecule has 0 atom stereocenters. The molecule has 2 aromatic rings. The fourth-order valence-corrected chi connectivity index (χ4v) is 2.26. The predicted octanol–water partition coefficient (Wildman–Crippen LogP) is 3.59. The summed E-state index contributed by atoms with van der Waals surface area (Å²) < 4.78 is 1.98. The highest BCUT2D eigenvalue weighted by molar-refractivity contribution is 6.30. The largest absolute Gasteiger partial charge is 0.310 e. The molecule has 3 nitrogen and oxygen atoms in total. The van der Waals surface area contributed by atoms with E-state index in [0.717, 1.165) is 23.7 Å². The van der Waals surface area contributed by atoms with E-state index in [0.29, 0.717) is 6.04 Å². The Morgan fingerprint density at radius 2 is 2.16 bits per heavy atom. The van der Waals surface area contributed by atoms with Crippen LogP contribution in [-0.4, -0.2) is 15.8 Å². The smallest absolute Gasteiger partial charge is 0.0663 e. The second-order valence-electron chi connectivity index (χ2n) is 4.90. The van der Waals surface area contributed by atoms with E-state index in [1.165, 1.54) is 11.3 Å². The van der Waals surface area contributed by atoms with Crippen LogP contribution in [0.1, 0.15) is 32.0 Å². The van der Waals surface area contributed by atoms with Crippen LogP contribution in [0, 0.1) is 0 Å². The highest BCUT2D eigenvalue weighted by Gasteiger charge is 2.11. The van der Waals surface area contributed by atoms with Crippen molar-refractivity contribution in [2.75, 3.05) is 0 Å². The maximum atomic E-state index is 6.05. The molecule has 4 heteroatoms. The van der Waals surface area contributed by atoms with Gasteiger partial charge in [-0.25, -0.2) is 4.68 Å². The zero-order chi connectivity index (χ0) is 13.8. The lowest BCUT2D eigenvalue weighted by atomic mass is 10.2. The van der Waals surface area contributed by atoms with E-state index in [1.54, 1.807) is 0 Å². The summed E-state index contributed by atoms with van der Waals surface area (Å²) >= 11 is 6.05. The van der Waals surface area contributed by atoms with Gasteiger partial charge in [-0.05, 0) is 24.6 Å². The van der Waals surface area contributed by atoms with Gasteiger partial charge >= 0.3 is 0 Å². The summed E-state index contributed by atoms with van der Waals surface area (Å²) in [7, 11) is 0. The van der Waals surface area contributed by atoms with Crippen LogP contribution in [0.4, 0.5) is 0 Å². The Bertz CT molecular complexity index is 546. The van der Waals surface area contributed by atoms with Gasteiger partial charge in [0, 0.05) is 28.9 Å². The number of halogens is 1. The average molecular weight is 278 g/mol. The molecule has 0 saturated carbocycles. The minimum atomic E-state index is 0.472. The van der Waals surface area contributed by atoms with Crippen LogP contribution >= 0.6 is 11.6 Å². The fourth-order valence-electron chi connectivity index (χ4n) is 2.08. The van der Waals surface area contributed by atoms with Crippen LogP contribution in [0.3, 0.4) is 0 Å². The van der Waals surface area contributed by atoms with E-state index in [9.17, 15) is 0 Å². The van der Waals surface area contributed by atoms with Crippen molar-refractivity contribution in [2.24, 2.45) is 0 Å². The van der Waals surface area contributed by atoms with E-state index in [-0.39, 0.29) is 0 Å².